The summed E-state index contributed by atoms with van der Waals surface area (Å²) in [5.74, 6) is 0. The van der Waals surface area contributed by atoms with Crippen molar-refractivity contribution in [2.24, 2.45) is 0 Å². The van der Waals surface area contributed by atoms with Gasteiger partial charge < -0.3 is 4.65 Å². The first-order chi connectivity index (χ1) is 3.12. The van der Waals surface area contributed by atoms with E-state index in [1.54, 1.807) is 0 Å². The molecule has 0 rings (SSSR count). The molecule has 0 aliphatic carbocycles. The number of hydrogen-bond donors (Lipinski definition) is 1. The maximum absolute atomic E-state index is 3.72. The summed E-state index contributed by atoms with van der Waals surface area (Å²) in [5, 5.41) is 0. The van der Waals surface area contributed by atoms with E-state index in [9.17, 15) is 0 Å². The first-order valence-corrected chi connectivity index (χ1v) is 6.52. The molecule has 0 aromatic carbocycles. The Balaban J connectivity index is 3.58. The second-order valence-corrected chi connectivity index (χ2v) is 8.03. The maximum Gasteiger partial charge on any atom is 0.136 e. The molecule has 0 heterocycles. The smallest absolute Gasteiger partial charge is 0.136 e. The minimum Gasteiger partial charge on any atom is -0.364 e. The third kappa shape index (κ3) is 2.79. The van der Waals surface area contributed by atoms with Crippen molar-refractivity contribution in [1.29, 1.82) is 0 Å². The Hall–Kier alpha value is 0.134. The van der Waals surface area contributed by atoms with Crippen molar-refractivity contribution >= 4 is 18.6 Å². The largest absolute Gasteiger partial charge is 0.364 e. The fourth-order valence-electron chi connectivity index (χ4n) is 0.102. The Morgan fingerprint density at radius 1 is 1.71 bits per heavy atom. The zero-order valence-electron chi connectivity index (χ0n) is 5.28. The predicted octanol–water partition coefficient (Wildman–Crippen LogP) is -0.213. The van der Waals surface area contributed by atoms with Gasteiger partial charge in [0.1, 0.15) is 8.24 Å². The molecule has 0 unspecified atom stereocenters. The monoisotopic (exact) mass is 131 g/mol. The van der Waals surface area contributed by atoms with Gasteiger partial charge in [0, 0.05) is 0 Å². The van der Waals surface area contributed by atoms with E-state index in [0.29, 0.717) is 0 Å². The van der Waals surface area contributed by atoms with E-state index in [2.05, 4.69) is 30.0 Å². The standard InChI is InChI=1S/C4H13NSi2/c1-4-7(2,3)5-6/h4-5H,1H2,2-3,6H3. The first kappa shape index (κ1) is 7.13. The van der Waals surface area contributed by atoms with E-state index >= 15 is 0 Å². The summed E-state index contributed by atoms with van der Waals surface area (Å²) in [6, 6.07) is 0. The molecule has 0 aromatic rings. The molecule has 0 saturated heterocycles. The lowest BCUT2D eigenvalue weighted by Crippen LogP contribution is -2.40. The fourth-order valence-corrected chi connectivity index (χ4v) is 0.919. The third-order valence-electron chi connectivity index (χ3n) is 1.15. The molecule has 7 heavy (non-hydrogen) atoms. The van der Waals surface area contributed by atoms with E-state index in [-0.39, 0.29) is 0 Å². The molecule has 1 nitrogen and oxygen atoms in total. The Labute approximate surface area is 49.4 Å². The lowest BCUT2D eigenvalue weighted by Gasteiger charge is -2.14. The Kier molecular flexibility index (Phi) is 2.49. The van der Waals surface area contributed by atoms with Crippen molar-refractivity contribution in [3.8, 4) is 0 Å². The van der Waals surface area contributed by atoms with Crippen molar-refractivity contribution in [1.82, 2.24) is 4.65 Å². The van der Waals surface area contributed by atoms with Gasteiger partial charge in [0.15, 0.2) is 0 Å². The molecule has 0 radical (unpaired) electrons. The topological polar surface area (TPSA) is 12.0 Å². The zero-order chi connectivity index (χ0) is 5.91. The Bertz CT molecular complexity index is 70.1. The lowest BCUT2D eigenvalue weighted by atomic mass is 11.3. The average molecular weight is 131 g/mol. The average Bonchev–Trinajstić information content (AvgIpc) is 1.68. The minimum absolute atomic E-state index is 1.08. The molecule has 0 aliphatic rings. The van der Waals surface area contributed by atoms with Crippen LogP contribution in [0.4, 0.5) is 0 Å². The molecule has 3 heteroatoms. The van der Waals surface area contributed by atoms with Gasteiger partial charge in [-0.05, 0) is 0 Å². The second kappa shape index (κ2) is 2.44. The molecular formula is C4H13NSi2. The maximum atomic E-state index is 3.72. The second-order valence-electron chi connectivity index (χ2n) is 2.18. The summed E-state index contributed by atoms with van der Waals surface area (Å²) in [4.78, 5) is 0. The first-order valence-electron chi connectivity index (χ1n) is 2.45. The van der Waals surface area contributed by atoms with E-state index in [1.807, 2.05) is 0 Å². The third-order valence-corrected chi connectivity index (χ3v) is 7.33. The number of hydrogen-bond acceptors (Lipinski definition) is 1. The highest BCUT2D eigenvalue weighted by molar-refractivity contribution is 6.83. The van der Waals surface area contributed by atoms with Crippen LogP contribution < -0.4 is 4.65 Å². The van der Waals surface area contributed by atoms with Crippen molar-refractivity contribution in [2.75, 3.05) is 0 Å². The summed E-state index contributed by atoms with van der Waals surface area (Å²) >= 11 is 0. The van der Waals surface area contributed by atoms with Crippen LogP contribution in [-0.2, 0) is 0 Å². The van der Waals surface area contributed by atoms with Crippen LogP contribution in [-0.4, -0.2) is 18.6 Å². The quantitative estimate of drug-likeness (QED) is 0.511. The molecular weight excluding hydrogens is 118 g/mol. The summed E-state index contributed by atoms with van der Waals surface area (Å²) in [5.41, 5.74) is 2.06. The molecule has 0 amide bonds. The summed E-state index contributed by atoms with van der Waals surface area (Å²) in [6.45, 7) is 8.21. The Morgan fingerprint density at radius 3 is 2.14 bits per heavy atom. The summed E-state index contributed by atoms with van der Waals surface area (Å²) < 4.78 is 3.35. The predicted molar refractivity (Wildman–Crippen MR) is 40.8 cm³/mol. The molecule has 0 spiro atoms. The number of nitrogens with one attached hydrogen (secondary N) is 1. The van der Waals surface area contributed by atoms with Crippen LogP contribution in [0.1, 0.15) is 0 Å². The van der Waals surface area contributed by atoms with Crippen LogP contribution in [0, 0.1) is 0 Å². The minimum atomic E-state index is -1.08. The van der Waals surface area contributed by atoms with Crippen LogP contribution in [0.5, 0.6) is 0 Å². The zero-order valence-corrected chi connectivity index (χ0v) is 8.28. The molecule has 0 aromatic heterocycles. The number of rotatable bonds is 2. The highest BCUT2D eigenvalue weighted by Crippen LogP contribution is 1.92. The van der Waals surface area contributed by atoms with Crippen LogP contribution in [0.25, 0.3) is 0 Å². The van der Waals surface area contributed by atoms with Gasteiger partial charge in [-0.1, -0.05) is 18.8 Å². The molecule has 0 fully saturated rings. The van der Waals surface area contributed by atoms with E-state index in [4.69, 9.17) is 0 Å². The van der Waals surface area contributed by atoms with Crippen LogP contribution in [0.3, 0.4) is 0 Å². The molecule has 1 N–H and O–H groups in total. The normalized spacial score (nSPS) is 11.7. The lowest BCUT2D eigenvalue weighted by molar-refractivity contribution is 1.47. The molecule has 0 aliphatic heterocycles. The van der Waals surface area contributed by atoms with Gasteiger partial charge in [0.05, 0.1) is 10.4 Å². The van der Waals surface area contributed by atoms with Gasteiger partial charge in [0.25, 0.3) is 0 Å². The van der Waals surface area contributed by atoms with Gasteiger partial charge in [-0.25, -0.2) is 0 Å². The van der Waals surface area contributed by atoms with Crippen LogP contribution in [0.15, 0.2) is 12.3 Å². The molecule has 42 valence electrons. The molecule has 0 saturated carbocycles. The fraction of sp³-hybridized carbons (Fsp3) is 0.500. The highest BCUT2D eigenvalue weighted by Gasteiger charge is 2.09. The summed E-state index contributed by atoms with van der Waals surface area (Å²) in [7, 11) is 0.0219. The van der Waals surface area contributed by atoms with Gasteiger partial charge in [-0.2, -0.15) is 0 Å². The summed E-state index contributed by atoms with van der Waals surface area (Å²) in [6.07, 6.45) is 0. The SMILES string of the molecule is C=C[Si](C)(C)N[SiH3]. The molecule has 0 atom stereocenters. The van der Waals surface area contributed by atoms with Crippen molar-refractivity contribution in [3.63, 3.8) is 0 Å². The van der Waals surface area contributed by atoms with E-state index in [0.717, 1.165) is 10.4 Å². The van der Waals surface area contributed by atoms with Gasteiger partial charge in [-0.15, -0.1) is 6.58 Å². The van der Waals surface area contributed by atoms with Gasteiger partial charge >= 0.3 is 0 Å². The van der Waals surface area contributed by atoms with E-state index in [1.165, 1.54) is 0 Å². The van der Waals surface area contributed by atoms with Crippen molar-refractivity contribution < 1.29 is 0 Å². The van der Waals surface area contributed by atoms with Crippen LogP contribution >= 0.6 is 0 Å². The van der Waals surface area contributed by atoms with Gasteiger partial charge in [-0.3, -0.25) is 0 Å². The van der Waals surface area contributed by atoms with E-state index < -0.39 is 8.24 Å². The van der Waals surface area contributed by atoms with Crippen molar-refractivity contribution in [2.45, 2.75) is 13.1 Å². The van der Waals surface area contributed by atoms with Gasteiger partial charge in [0.2, 0.25) is 0 Å². The highest BCUT2D eigenvalue weighted by atomic mass is 28.4. The Morgan fingerprint density at radius 2 is 2.14 bits per heavy atom. The molecule has 0 bridgehead atoms. The van der Waals surface area contributed by atoms with Crippen molar-refractivity contribution in [3.05, 3.63) is 12.3 Å². The van der Waals surface area contributed by atoms with Crippen LogP contribution in [0.2, 0.25) is 13.1 Å².